The third-order valence-electron chi connectivity index (χ3n) is 3.62. The highest BCUT2D eigenvalue weighted by molar-refractivity contribution is 5.83. The van der Waals surface area contributed by atoms with Gasteiger partial charge in [-0.25, -0.2) is 4.39 Å². The van der Waals surface area contributed by atoms with Gasteiger partial charge >= 0.3 is 0 Å². The summed E-state index contributed by atoms with van der Waals surface area (Å²) in [5.41, 5.74) is 2.31. The fraction of sp³-hybridized carbons (Fsp3) is 0.111. The minimum absolute atomic E-state index is 0.281. The molecule has 2 heteroatoms. The quantitative estimate of drug-likeness (QED) is 0.730. The normalized spacial score (nSPS) is 12.6. The third-order valence-corrected chi connectivity index (χ3v) is 3.62. The van der Waals surface area contributed by atoms with Gasteiger partial charge < -0.3 is 5.11 Å². The zero-order valence-corrected chi connectivity index (χ0v) is 11.2. The smallest absolute Gasteiger partial charge is 0.123 e. The molecule has 0 spiro atoms. The summed E-state index contributed by atoms with van der Waals surface area (Å²) in [4.78, 5) is 0. The second-order valence-electron chi connectivity index (χ2n) is 5.01. The van der Waals surface area contributed by atoms with Crippen LogP contribution < -0.4 is 0 Å². The molecule has 0 aromatic heterocycles. The summed E-state index contributed by atoms with van der Waals surface area (Å²) < 4.78 is 13.1. The fourth-order valence-corrected chi connectivity index (χ4v) is 2.50. The van der Waals surface area contributed by atoms with Gasteiger partial charge in [0.05, 0.1) is 0 Å². The summed E-state index contributed by atoms with van der Waals surface area (Å²) in [6, 6.07) is 18.4. The number of rotatable bonds is 2. The lowest BCUT2D eigenvalue weighted by Gasteiger charge is -2.15. The molecule has 0 bridgehead atoms. The van der Waals surface area contributed by atoms with Gasteiger partial charge in [0.25, 0.3) is 0 Å². The molecule has 1 nitrogen and oxygen atoms in total. The third kappa shape index (κ3) is 2.30. The van der Waals surface area contributed by atoms with Gasteiger partial charge in [-0.05, 0) is 52.6 Å². The van der Waals surface area contributed by atoms with Crippen molar-refractivity contribution in [1.82, 2.24) is 0 Å². The average Bonchev–Trinajstić information content (AvgIpc) is 2.46. The number of aliphatic hydroxyl groups is 1. The van der Waals surface area contributed by atoms with E-state index >= 15 is 0 Å². The van der Waals surface area contributed by atoms with E-state index in [0.29, 0.717) is 0 Å². The van der Waals surface area contributed by atoms with Crippen LogP contribution in [0.25, 0.3) is 10.8 Å². The Bertz CT molecular complexity index is 764. The number of fused-ring (bicyclic) bond motifs is 1. The van der Waals surface area contributed by atoms with E-state index in [2.05, 4.69) is 0 Å². The zero-order chi connectivity index (χ0) is 14.1. The topological polar surface area (TPSA) is 20.2 Å². The molecule has 0 amide bonds. The fourth-order valence-electron chi connectivity index (χ4n) is 2.50. The van der Waals surface area contributed by atoms with Crippen LogP contribution in [-0.4, -0.2) is 5.11 Å². The highest BCUT2D eigenvalue weighted by Crippen LogP contribution is 2.27. The van der Waals surface area contributed by atoms with Crippen LogP contribution in [0, 0.1) is 12.7 Å². The lowest BCUT2D eigenvalue weighted by atomic mass is 9.95. The van der Waals surface area contributed by atoms with Crippen molar-refractivity contribution in [3.05, 3.63) is 83.2 Å². The van der Waals surface area contributed by atoms with Crippen molar-refractivity contribution in [2.45, 2.75) is 13.0 Å². The van der Waals surface area contributed by atoms with Crippen molar-refractivity contribution in [2.75, 3.05) is 0 Å². The minimum Gasteiger partial charge on any atom is -0.384 e. The van der Waals surface area contributed by atoms with E-state index in [1.54, 1.807) is 6.07 Å². The summed E-state index contributed by atoms with van der Waals surface area (Å²) in [6.07, 6.45) is -0.736. The van der Waals surface area contributed by atoms with E-state index < -0.39 is 6.10 Å². The molecule has 0 aliphatic carbocycles. The van der Waals surface area contributed by atoms with Crippen molar-refractivity contribution in [2.24, 2.45) is 0 Å². The SMILES string of the molecule is Cc1cc(F)ccc1C(O)c1ccc2ccccc2c1. The zero-order valence-electron chi connectivity index (χ0n) is 11.2. The van der Waals surface area contributed by atoms with Crippen molar-refractivity contribution in [3.63, 3.8) is 0 Å². The first-order chi connectivity index (χ1) is 9.65. The van der Waals surface area contributed by atoms with Crippen molar-refractivity contribution in [1.29, 1.82) is 0 Å². The predicted octanol–water partition coefficient (Wildman–Crippen LogP) is 4.37. The lowest BCUT2D eigenvalue weighted by Crippen LogP contribution is -2.02. The number of aliphatic hydroxyl groups excluding tert-OH is 1. The molecular weight excluding hydrogens is 251 g/mol. The van der Waals surface area contributed by atoms with Gasteiger partial charge in [0.1, 0.15) is 11.9 Å². The van der Waals surface area contributed by atoms with Gasteiger partial charge in [0.2, 0.25) is 0 Å². The summed E-state index contributed by atoms with van der Waals surface area (Å²) in [5.74, 6) is -0.281. The molecule has 1 unspecified atom stereocenters. The van der Waals surface area contributed by atoms with E-state index in [9.17, 15) is 9.50 Å². The standard InChI is InChI=1S/C18H15FO/c1-12-10-16(19)8-9-17(12)18(20)15-7-6-13-4-2-3-5-14(13)11-15/h2-11,18,20H,1H3. The molecule has 1 atom stereocenters. The molecule has 3 rings (SSSR count). The van der Waals surface area contributed by atoms with Crippen LogP contribution in [0.5, 0.6) is 0 Å². The van der Waals surface area contributed by atoms with Gasteiger partial charge in [-0.3, -0.25) is 0 Å². The van der Waals surface area contributed by atoms with Crippen LogP contribution in [0.1, 0.15) is 22.8 Å². The molecular formula is C18H15FO. The first-order valence-corrected chi connectivity index (χ1v) is 6.58. The predicted molar refractivity (Wildman–Crippen MR) is 79.1 cm³/mol. The Hall–Kier alpha value is -2.19. The molecule has 3 aromatic rings. The molecule has 0 aliphatic heterocycles. The lowest BCUT2D eigenvalue weighted by molar-refractivity contribution is 0.219. The molecule has 0 fully saturated rings. The Morgan fingerprint density at radius 1 is 0.900 bits per heavy atom. The van der Waals surface area contributed by atoms with E-state index in [1.807, 2.05) is 49.4 Å². The Morgan fingerprint density at radius 3 is 2.40 bits per heavy atom. The maximum atomic E-state index is 13.1. The van der Waals surface area contributed by atoms with Crippen LogP contribution >= 0.6 is 0 Å². The summed E-state index contributed by atoms with van der Waals surface area (Å²) >= 11 is 0. The van der Waals surface area contributed by atoms with Crippen LogP contribution in [0.15, 0.2) is 60.7 Å². The van der Waals surface area contributed by atoms with Crippen molar-refractivity contribution < 1.29 is 9.50 Å². The van der Waals surface area contributed by atoms with Gasteiger partial charge in [-0.1, -0.05) is 42.5 Å². The van der Waals surface area contributed by atoms with Gasteiger partial charge in [-0.15, -0.1) is 0 Å². The molecule has 20 heavy (non-hydrogen) atoms. The summed E-state index contributed by atoms with van der Waals surface area (Å²) in [7, 11) is 0. The maximum absolute atomic E-state index is 13.1. The largest absolute Gasteiger partial charge is 0.384 e. The average molecular weight is 266 g/mol. The second kappa shape index (κ2) is 5.06. The first kappa shape index (κ1) is 12.8. The number of benzene rings is 3. The highest BCUT2D eigenvalue weighted by Gasteiger charge is 2.13. The molecule has 1 N–H and O–H groups in total. The number of hydrogen-bond donors (Lipinski definition) is 1. The second-order valence-corrected chi connectivity index (χ2v) is 5.01. The molecule has 0 aliphatic rings. The molecule has 100 valence electrons. The van der Waals surface area contributed by atoms with E-state index in [0.717, 1.165) is 27.5 Å². The monoisotopic (exact) mass is 266 g/mol. The van der Waals surface area contributed by atoms with E-state index in [1.165, 1.54) is 12.1 Å². The molecule has 0 radical (unpaired) electrons. The van der Waals surface area contributed by atoms with E-state index in [4.69, 9.17) is 0 Å². The molecule has 0 saturated heterocycles. The summed E-state index contributed by atoms with van der Waals surface area (Å²) in [5, 5.41) is 12.7. The Morgan fingerprint density at radius 2 is 1.65 bits per heavy atom. The van der Waals surface area contributed by atoms with Crippen molar-refractivity contribution in [3.8, 4) is 0 Å². The Balaban J connectivity index is 2.05. The summed E-state index contributed by atoms with van der Waals surface area (Å²) in [6.45, 7) is 1.81. The van der Waals surface area contributed by atoms with Crippen LogP contribution in [0.2, 0.25) is 0 Å². The number of aryl methyl sites for hydroxylation is 1. The number of hydrogen-bond acceptors (Lipinski definition) is 1. The van der Waals surface area contributed by atoms with Gasteiger partial charge in [-0.2, -0.15) is 0 Å². The Labute approximate surface area is 117 Å². The van der Waals surface area contributed by atoms with Crippen LogP contribution in [-0.2, 0) is 0 Å². The van der Waals surface area contributed by atoms with Gasteiger partial charge in [0, 0.05) is 0 Å². The van der Waals surface area contributed by atoms with Crippen LogP contribution in [0.3, 0.4) is 0 Å². The molecule has 3 aromatic carbocycles. The van der Waals surface area contributed by atoms with E-state index in [-0.39, 0.29) is 5.82 Å². The first-order valence-electron chi connectivity index (χ1n) is 6.58. The molecule has 0 heterocycles. The Kier molecular flexibility index (Phi) is 3.25. The molecule has 0 saturated carbocycles. The minimum atomic E-state index is -0.736. The van der Waals surface area contributed by atoms with Crippen LogP contribution in [0.4, 0.5) is 4.39 Å². The number of halogens is 1. The maximum Gasteiger partial charge on any atom is 0.123 e. The van der Waals surface area contributed by atoms with Gasteiger partial charge in [0.15, 0.2) is 0 Å². The van der Waals surface area contributed by atoms with Crippen molar-refractivity contribution >= 4 is 10.8 Å². The highest BCUT2D eigenvalue weighted by atomic mass is 19.1.